The molecule has 2 aromatic carbocycles. The van der Waals surface area contributed by atoms with Gasteiger partial charge in [0, 0.05) is 11.1 Å². The van der Waals surface area contributed by atoms with Crippen LogP contribution in [0.2, 0.25) is 0 Å². The third-order valence-electron chi connectivity index (χ3n) is 2.95. The number of rotatable bonds is 3. The molecule has 0 aliphatic carbocycles. The monoisotopic (exact) mass is 264 g/mol. The lowest BCUT2D eigenvalue weighted by Gasteiger charge is -2.15. The summed E-state index contributed by atoms with van der Waals surface area (Å²) in [4.78, 5) is 0. The first-order valence-corrected chi connectivity index (χ1v) is 5.81. The molecule has 19 heavy (non-hydrogen) atoms. The van der Waals surface area contributed by atoms with Crippen LogP contribution in [0.4, 0.5) is 8.78 Å². The minimum atomic E-state index is -1.37. The number of aryl methyl sites for hydroxylation is 1. The number of ether oxygens (including phenoxy) is 1. The number of aliphatic hydroxyl groups is 1. The van der Waals surface area contributed by atoms with Crippen molar-refractivity contribution < 1.29 is 18.6 Å². The predicted octanol–water partition coefficient (Wildman–Crippen LogP) is 3.36. The van der Waals surface area contributed by atoms with Gasteiger partial charge in [-0.2, -0.15) is 0 Å². The van der Waals surface area contributed by atoms with Gasteiger partial charge >= 0.3 is 0 Å². The number of hydrogen-bond donors (Lipinski definition) is 1. The Kier molecular flexibility index (Phi) is 3.81. The minimum absolute atomic E-state index is 0.0103. The van der Waals surface area contributed by atoms with Crippen LogP contribution in [0.1, 0.15) is 22.8 Å². The van der Waals surface area contributed by atoms with E-state index in [-0.39, 0.29) is 16.9 Å². The Morgan fingerprint density at radius 2 is 1.84 bits per heavy atom. The first-order chi connectivity index (χ1) is 9.04. The molecule has 0 saturated carbocycles. The fraction of sp³-hybridized carbons (Fsp3) is 0.200. The molecule has 1 N–H and O–H groups in total. The number of methoxy groups -OCH3 is 1. The molecule has 0 aliphatic heterocycles. The van der Waals surface area contributed by atoms with Gasteiger partial charge in [-0.15, -0.1) is 0 Å². The molecule has 0 amide bonds. The van der Waals surface area contributed by atoms with Crippen molar-refractivity contribution in [3.63, 3.8) is 0 Å². The van der Waals surface area contributed by atoms with Crippen molar-refractivity contribution in [3.8, 4) is 5.75 Å². The highest BCUT2D eigenvalue weighted by atomic mass is 19.1. The second-order valence-electron chi connectivity index (χ2n) is 4.29. The van der Waals surface area contributed by atoms with Crippen molar-refractivity contribution in [2.24, 2.45) is 0 Å². The minimum Gasteiger partial charge on any atom is -0.494 e. The molecule has 0 aromatic heterocycles. The molecule has 1 atom stereocenters. The van der Waals surface area contributed by atoms with Crippen LogP contribution in [0, 0.1) is 18.6 Å². The predicted molar refractivity (Wildman–Crippen MR) is 68.2 cm³/mol. The topological polar surface area (TPSA) is 29.5 Å². The first-order valence-electron chi connectivity index (χ1n) is 5.81. The van der Waals surface area contributed by atoms with Crippen molar-refractivity contribution in [1.82, 2.24) is 0 Å². The molecule has 0 bridgehead atoms. The largest absolute Gasteiger partial charge is 0.494 e. The van der Waals surface area contributed by atoms with Gasteiger partial charge in [0.2, 0.25) is 0 Å². The van der Waals surface area contributed by atoms with E-state index in [4.69, 9.17) is 4.74 Å². The van der Waals surface area contributed by atoms with Crippen LogP contribution in [-0.2, 0) is 0 Å². The van der Waals surface area contributed by atoms with E-state index in [1.54, 1.807) is 19.1 Å². The number of hydrogen-bond acceptors (Lipinski definition) is 2. The van der Waals surface area contributed by atoms with Gasteiger partial charge in [-0.05, 0) is 19.1 Å². The molecule has 2 aromatic rings. The smallest absolute Gasteiger partial charge is 0.171 e. The molecule has 2 nitrogen and oxygen atoms in total. The highest BCUT2D eigenvalue weighted by molar-refractivity contribution is 5.38. The summed E-state index contributed by atoms with van der Waals surface area (Å²) in [6, 6.07) is 8.75. The lowest BCUT2D eigenvalue weighted by molar-refractivity contribution is 0.208. The van der Waals surface area contributed by atoms with Gasteiger partial charge in [0.1, 0.15) is 11.9 Å². The summed E-state index contributed by atoms with van der Waals surface area (Å²) in [6.45, 7) is 1.78. The highest BCUT2D eigenvalue weighted by Crippen LogP contribution is 2.30. The van der Waals surface area contributed by atoms with Gasteiger partial charge in [0.25, 0.3) is 0 Å². The Morgan fingerprint density at radius 3 is 2.53 bits per heavy atom. The van der Waals surface area contributed by atoms with E-state index in [2.05, 4.69) is 0 Å². The van der Waals surface area contributed by atoms with Crippen LogP contribution in [0.15, 0.2) is 36.4 Å². The maximum Gasteiger partial charge on any atom is 0.171 e. The van der Waals surface area contributed by atoms with Crippen molar-refractivity contribution >= 4 is 0 Å². The normalized spacial score (nSPS) is 12.3. The van der Waals surface area contributed by atoms with Crippen molar-refractivity contribution in [2.75, 3.05) is 7.11 Å². The molecular formula is C15H14F2O2. The molecule has 2 rings (SSSR count). The molecule has 100 valence electrons. The number of halogens is 2. The van der Waals surface area contributed by atoms with Gasteiger partial charge in [-0.3, -0.25) is 0 Å². The fourth-order valence-corrected chi connectivity index (χ4v) is 1.94. The zero-order chi connectivity index (χ0) is 14.0. The Bertz CT molecular complexity index is 597. The average molecular weight is 264 g/mol. The van der Waals surface area contributed by atoms with Gasteiger partial charge < -0.3 is 9.84 Å². The molecular weight excluding hydrogens is 250 g/mol. The molecule has 0 fully saturated rings. The molecule has 0 radical (unpaired) electrons. The van der Waals surface area contributed by atoms with Crippen molar-refractivity contribution in [2.45, 2.75) is 13.0 Å². The number of aliphatic hydroxyl groups excluding tert-OH is 1. The first kappa shape index (κ1) is 13.5. The Labute approximate surface area is 110 Å². The second-order valence-corrected chi connectivity index (χ2v) is 4.29. The van der Waals surface area contributed by atoms with Crippen molar-refractivity contribution in [1.29, 1.82) is 0 Å². The second kappa shape index (κ2) is 5.36. The van der Waals surface area contributed by atoms with Crippen LogP contribution < -0.4 is 4.74 Å². The zero-order valence-electron chi connectivity index (χ0n) is 10.7. The summed E-state index contributed by atoms with van der Waals surface area (Å²) in [5.41, 5.74) is 0.828. The summed E-state index contributed by atoms with van der Waals surface area (Å²) in [7, 11) is 1.34. The summed E-state index contributed by atoms with van der Waals surface area (Å²) in [6.07, 6.45) is -1.37. The summed E-state index contributed by atoms with van der Waals surface area (Å²) in [5.74, 6) is -1.23. The van der Waals surface area contributed by atoms with Crippen LogP contribution in [-0.4, -0.2) is 12.2 Å². The van der Waals surface area contributed by atoms with Crippen LogP contribution >= 0.6 is 0 Å². The maximum atomic E-state index is 14.0. The average Bonchev–Trinajstić information content (AvgIpc) is 2.41. The highest BCUT2D eigenvalue weighted by Gasteiger charge is 2.20. The lowest BCUT2D eigenvalue weighted by Crippen LogP contribution is -2.06. The summed E-state index contributed by atoms with van der Waals surface area (Å²) >= 11 is 0. The summed E-state index contributed by atoms with van der Waals surface area (Å²) in [5, 5.41) is 10.2. The third-order valence-corrected chi connectivity index (χ3v) is 2.95. The van der Waals surface area contributed by atoms with Crippen LogP contribution in [0.5, 0.6) is 5.75 Å². The van der Waals surface area contributed by atoms with Crippen LogP contribution in [0.25, 0.3) is 0 Å². The third kappa shape index (κ3) is 2.58. The van der Waals surface area contributed by atoms with Gasteiger partial charge in [0.05, 0.1) is 7.11 Å². The van der Waals surface area contributed by atoms with E-state index in [1.165, 1.54) is 31.4 Å². The molecule has 1 unspecified atom stereocenters. The molecule has 0 saturated heterocycles. The van der Waals surface area contributed by atoms with E-state index in [1.807, 2.05) is 0 Å². The van der Waals surface area contributed by atoms with E-state index in [9.17, 15) is 13.9 Å². The van der Waals surface area contributed by atoms with E-state index in [0.717, 1.165) is 5.56 Å². The lowest BCUT2D eigenvalue weighted by atomic mass is 9.99. The quantitative estimate of drug-likeness (QED) is 0.921. The fourth-order valence-electron chi connectivity index (χ4n) is 1.94. The van der Waals surface area contributed by atoms with E-state index in [0.29, 0.717) is 0 Å². The molecule has 0 heterocycles. The number of benzene rings is 2. The van der Waals surface area contributed by atoms with Crippen LogP contribution in [0.3, 0.4) is 0 Å². The Balaban J connectivity index is 2.50. The SMILES string of the molecule is COc1cccc(C(O)c2cc(C)ccc2F)c1F. The van der Waals surface area contributed by atoms with Gasteiger partial charge in [-0.1, -0.05) is 29.8 Å². The van der Waals surface area contributed by atoms with Crippen molar-refractivity contribution in [3.05, 3.63) is 64.7 Å². The van der Waals surface area contributed by atoms with Gasteiger partial charge in [-0.25, -0.2) is 8.78 Å². The molecule has 0 aliphatic rings. The molecule has 4 heteroatoms. The summed E-state index contributed by atoms with van der Waals surface area (Å²) < 4.78 is 32.6. The standard InChI is InChI=1S/C15H14F2O2/c1-9-6-7-12(16)11(8-9)15(18)10-4-3-5-13(19-2)14(10)17/h3-8,15,18H,1-2H3. The zero-order valence-corrected chi connectivity index (χ0v) is 10.7. The Hall–Kier alpha value is -1.94. The maximum absolute atomic E-state index is 14.0. The van der Waals surface area contributed by atoms with Gasteiger partial charge in [0.15, 0.2) is 11.6 Å². The Morgan fingerprint density at radius 1 is 1.11 bits per heavy atom. The molecule has 0 spiro atoms. The van der Waals surface area contributed by atoms with E-state index < -0.39 is 17.7 Å². The van der Waals surface area contributed by atoms with E-state index >= 15 is 0 Å².